The van der Waals surface area contributed by atoms with Gasteiger partial charge in [0, 0.05) is 12.1 Å². The number of H-pyrrole nitrogens is 2. The van der Waals surface area contributed by atoms with Gasteiger partial charge in [0.1, 0.15) is 5.56 Å². The monoisotopic (exact) mass is 218 g/mol. The summed E-state index contributed by atoms with van der Waals surface area (Å²) in [6, 6.07) is 0. The van der Waals surface area contributed by atoms with Crippen molar-refractivity contribution in [2.75, 3.05) is 0 Å². The molecule has 0 aliphatic heterocycles. The van der Waals surface area contributed by atoms with Gasteiger partial charge in [-0.05, 0) is 12.8 Å². The fraction of sp³-hybridized carbons (Fsp3) is 0.500. The SMILES string of the molecule is O=c1[nH]cc(C#CC2CCCCC2)c(=O)[nH]1. The third-order valence-corrected chi connectivity index (χ3v) is 2.84. The van der Waals surface area contributed by atoms with Gasteiger partial charge >= 0.3 is 5.69 Å². The molecular formula is C12H14N2O2. The lowest BCUT2D eigenvalue weighted by molar-refractivity contribution is 0.430. The highest BCUT2D eigenvalue weighted by Crippen LogP contribution is 2.22. The highest BCUT2D eigenvalue weighted by atomic mass is 16.2. The van der Waals surface area contributed by atoms with E-state index in [2.05, 4.69) is 21.8 Å². The van der Waals surface area contributed by atoms with Gasteiger partial charge in [-0.15, -0.1) is 0 Å². The summed E-state index contributed by atoms with van der Waals surface area (Å²) in [4.78, 5) is 26.7. The molecule has 1 aliphatic rings. The Hall–Kier alpha value is -1.76. The minimum atomic E-state index is -0.492. The van der Waals surface area contributed by atoms with E-state index >= 15 is 0 Å². The molecule has 16 heavy (non-hydrogen) atoms. The van der Waals surface area contributed by atoms with Gasteiger partial charge in [0.2, 0.25) is 0 Å². The zero-order chi connectivity index (χ0) is 11.4. The Bertz CT molecular complexity index is 524. The molecular weight excluding hydrogens is 204 g/mol. The first-order valence-electron chi connectivity index (χ1n) is 5.59. The number of hydrogen-bond donors (Lipinski definition) is 2. The summed E-state index contributed by atoms with van der Waals surface area (Å²) in [5, 5.41) is 0. The average molecular weight is 218 g/mol. The van der Waals surface area contributed by atoms with Gasteiger partial charge in [-0.1, -0.05) is 31.1 Å². The van der Waals surface area contributed by atoms with Gasteiger partial charge in [0.15, 0.2) is 0 Å². The van der Waals surface area contributed by atoms with Crippen LogP contribution < -0.4 is 11.2 Å². The van der Waals surface area contributed by atoms with Gasteiger partial charge < -0.3 is 4.98 Å². The van der Waals surface area contributed by atoms with Gasteiger partial charge in [-0.25, -0.2) is 4.79 Å². The maximum atomic E-state index is 11.3. The van der Waals surface area contributed by atoms with Gasteiger partial charge in [-0.2, -0.15) is 0 Å². The molecule has 1 aromatic heterocycles. The van der Waals surface area contributed by atoms with E-state index in [4.69, 9.17) is 0 Å². The molecule has 4 heteroatoms. The van der Waals surface area contributed by atoms with Crippen LogP contribution >= 0.6 is 0 Å². The molecule has 0 unspecified atom stereocenters. The smallest absolute Gasteiger partial charge is 0.313 e. The first kappa shape index (κ1) is 10.7. The van der Waals surface area contributed by atoms with Crippen molar-refractivity contribution >= 4 is 0 Å². The highest BCUT2D eigenvalue weighted by Gasteiger charge is 2.10. The van der Waals surface area contributed by atoms with Crippen molar-refractivity contribution < 1.29 is 0 Å². The van der Waals surface area contributed by atoms with E-state index in [9.17, 15) is 9.59 Å². The van der Waals surface area contributed by atoms with E-state index in [1.165, 1.54) is 25.5 Å². The molecule has 1 saturated carbocycles. The minimum Gasteiger partial charge on any atom is -0.313 e. The Kier molecular flexibility index (Phi) is 3.25. The summed E-state index contributed by atoms with van der Waals surface area (Å²) in [5.41, 5.74) is -0.564. The van der Waals surface area contributed by atoms with Gasteiger partial charge in [0.05, 0.1) is 0 Å². The molecule has 0 atom stereocenters. The summed E-state index contributed by atoms with van der Waals surface area (Å²) >= 11 is 0. The van der Waals surface area contributed by atoms with Crippen LogP contribution in [-0.2, 0) is 0 Å². The second-order valence-corrected chi connectivity index (χ2v) is 4.09. The van der Waals surface area contributed by atoms with Crippen LogP contribution in [0.1, 0.15) is 37.7 Å². The predicted octanol–water partition coefficient (Wildman–Crippen LogP) is 0.995. The predicted molar refractivity (Wildman–Crippen MR) is 61.1 cm³/mol. The third kappa shape index (κ3) is 2.63. The number of hydrogen-bond acceptors (Lipinski definition) is 2. The third-order valence-electron chi connectivity index (χ3n) is 2.84. The van der Waals surface area contributed by atoms with Gasteiger partial charge in [0.25, 0.3) is 5.56 Å². The molecule has 0 spiro atoms. The summed E-state index contributed by atoms with van der Waals surface area (Å²) in [5.74, 6) is 6.35. The maximum Gasteiger partial charge on any atom is 0.325 e. The molecule has 0 bridgehead atoms. The van der Waals surface area contributed by atoms with E-state index in [-0.39, 0.29) is 0 Å². The molecule has 1 aliphatic carbocycles. The lowest BCUT2D eigenvalue weighted by Crippen LogP contribution is -2.23. The number of nitrogens with one attached hydrogen (secondary N) is 2. The van der Waals surface area contributed by atoms with E-state index in [0.29, 0.717) is 11.5 Å². The molecule has 2 rings (SSSR count). The molecule has 0 amide bonds. The molecule has 0 saturated heterocycles. The van der Waals surface area contributed by atoms with Crippen LogP contribution in [0.2, 0.25) is 0 Å². The van der Waals surface area contributed by atoms with Crippen molar-refractivity contribution in [1.82, 2.24) is 9.97 Å². The van der Waals surface area contributed by atoms with Gasteiger partial charge in [-0.3, -0.25) is 9.78 Å². The summed E-state index contributed by atoms with van der Waals surface area (Å²) < 4.78 is 0. The first-order valence-corrected chi connectivity index (χ1v) is 5.59. The standard InChI is InChI=1S/C12H14N2O2/c15-11-10(8-13-12(16)14-11)7-6-9-4-2-1-3-5-9/h8-9H,1-5H2,(H2,13,14,15,16). The van der Waals surface area contributed by atoms with Crippen LogP contribution in [0, 0.1) is 17.8 Å². The second kappa shape index (κ2) is 4.84. The quantitative estimate of drug-likeness (QED) is 0.638. The molecule has 1 heterocycles. The maximum absolute atomic E-state index is 11.3. The zero-order valence-electron chi connectivity index (χ0n) is 9.01. The molecule has 84 valence electrons. The topological polar surface area (TPSA) is 65.7 Å². The largest absolute Gasteiger partial charge is 0.325 e. The lowest BCUT2D eigenvalue weighted by atomic mass is 9.90. The Morgan fingerprint density at radius 1 is 1.19 bits per heavy atom. The minimum absolute atomic E-state index is 0.338. The number of rotatable bonds is 0. The molecule has 0 aromatic carbocycles. The molecule has 2 N–H and O–H groups in total. The number of aromatic nitrogens is 2. The van der Waals surface area contributed by atoms with Crippen LogP contribution in [-0.4, -0.2) is 9.97 Å². The van der Waals surface area contributed by atoms with Crippen molar-refractivity contribution in [1.29, 1.82) is 0 Å². The molecule has 1 fully saturated rings. The molecule has 4 nitrogen and oxygen atoms in total. The lowest BCUT2D eigenvalue weighted by Gasteiger charge is -2.15. The van der Waals surface area contributed by atoms with Crippen molar-refractivity contribution in [3.05, 3.63) is 32.6 Å². The highest BCUT2D eigenvalue weighted by molar-refractivity contribution is 5.29. The van der Waals surface area contributed by atoms with Crippen LogP contribution in [0.3, 0.4) is 0 Å². The normalized spacial score (nSPS) is 16.5. The Balaban J connectivity index is 2.17. The number of aromatic amines is 2. The Morgan fingerprint density at radius 2 is 1.94 bits per heavy atom. The Labute approximate surface area is 93.1 Å². The zero-order valence-corrected chi connectivity index (χ0v) is 9.01. The van der Waals surface area contributed by atoms with Crippen molar-refractivity contribution in [3.63, 3.8) is 0 Å². The van der Waals surface area contributed by atoms with E-state index in [1.807, 2.05) is 0 Å². The van der Waals surface area contributed by atoms with E-state index in [0.717, 1.165) is 12.8 Å². The molecule has 0 radical (unpaired) electrons. The van der Waals surface area contributed by atoms with Crippen molar-refractivity contribution in [2.24, 2.45) is 5.92 Å². The Morgan fingerprint density at radius 3 is 2.62 bits per heavy atom. The second-order valence-electron chi connectivity index (χ2n) is 4.09. The summed E-state index contributed by atoms with van der Waals surface area (Å²) in [6.45, 7) is 0. The summed E-state index contributed by atoms with van der Waals surface area (Å²) in [6.07, 6.45) is 7.35. The van der Waals surface area contributed by atoms with Crippen LogP contribution in [0.25, 0.3) is 0 Å². The first-order chi connectivity index (χ1) is 7.75. The van der Waals surface area contributed by atoms with E-state index < -0.39 is 11.2 Å². The fourth-order valence-electron chi connectivity index (χ4n) is 1.93. The van der Waals surface area contributed by atoms with E-state index in [1.54, 1.807) is 0 Å². The van der Waals surface area contributed by atoms with Crippen LogP contribution in [0.4, 0.5) is 0 Å². The average Bonchev–Trinajstić information content (AvgIpc) is 2.29. The fourth-order valence-corrected chi connectivity index (χ4v) is 1.93. The van der Waals surface area contributed by atoms with Crippen molar-refractivity contribution in [2.45, 2.75) is 32.1 Å². The van der Waals surface area contributed by atoms with Crippen LogP contribution in [0.5, 0.6) is 0 Å². The van der Waals surface area contributed by atoms with Crippen LogP contribution in [0.15, 0.2) is 15.8 Å². The molecule has 1 aromatic rings. The summed E-state index contributed by atoms with van der Waals surface area (Å²) in [7, 11) is 0. The van der Waals surface area contributed by atoms with Crippen molar-refractivity contribution in [3.8, 4) is 11.8 Å².